The van der Waals surface area contributed by atoms with E-state index in [0.29, 0.717) is 11.3 Å². The Morgan fingerprint density at radius 1 is 1.75 bits per heavy atom. The second kappa shape index (κ2) is 2.74. The minimum Gasteiger partial charge on any atom is -0.313 e. The molecule has 1 rings (SSSR count). The molecule has 1 N–H and O–H groups in total. The Morgan fingerprint density at radius 2 is 2.50 bits per heavy atom. The zero-order valence-corrected chi connectivity index (χ0v) is 6.12. The van der Waals surface area contributed by atoms with Crippen molar-refractivity contribution in [2.45, 2.75) is 31.1 Å². The summed E-state index contributed by atoms with van der Waals surface area (Å²) >= 11 is 4.40. The number of rotatable bonds is 1. The zero-order valence-electron chi connectivity index (χ0n) is 5.22. The van der Waals surface area contributed by atoms with Gasteiger partial charge < -0.3 is 5.32 Å². The highest BCUT2D eigenvalue weighted by atomic mass is 32.1. The summed E-state index contributed by atoms with van der Waals surface area (Å²) in [5, 5.41) is 3.99. The van der Waals surface area contributed by atoms with E-state index in [1.165, 1.54) is 12.8 Å². The molecule has 0 aromatic rings. The average Bonchev–Trinajstić information content (AvgIpc) is 2.14. The first kappa shape index (κ1) is 6.43. The van der Waals surface area contributed by atoms with Crippen LogP contribution < -0.4 is 5.32 Å². The van der Waals surface area contributed by atoms with E-state index in [1.54, 1.807) is 0 Å². The second-order valence-corrected chi connectivity index (χ2v) is 2.99. The third-order valence-corrected chi connectivity index (χ3v) is 2.37. The molecule has 2 heteroatoms. The summed E-state index contributed by atoms with van der Waals surface area (Å²) in [5.74, 6) is 0. The fourth-order valence-electron chi connectivity index (χ4n) is 1.17. The molecular formula is C6H13NS. The van der Waals surface area contributed by atoms with Gasteiger partial charge in [0.15, 0.2) is 0 Å². The van der Waals surface area contributed by atoms with Gasteiger partial charge in [-0.2, -0.15) is 12.6 Å². The van der Waals surface area contributed by atoms with Gasteiger partial charge in [-0.15, -0.1) is 0 Å². The monoisotopic (exact) mass is 131 g/mol. The molecule has 0 aromatic carbocycles. The van der Waals surface area contributed by atoms with Gasteiger partial charge in [0.05, 0.1) is 0 Å². The minimum atomic E-state index is 0.611. The van der Waals surface area contributed by atoms with Gasteiger partial charge in [-0.25, -0.2) is 0 Å². The Labute approximate surface area is 56.3 Å². The molecule has 1 saturated heterocycles. The van der Waals surface area contributed by atoms with Gasteiger partial charge in [0, 0.05) is 11.3 Å². The van der Waals surface area contributed by atoms with Crippen LogP contribution >= 0.6 is 12.6 Å². The minimum absolute atomic E-state index is 0.611. The summed E-state index contributed by atoms with van der Waals surface area (Å²) in [6, 6.07) is 0.679. The van der Waals surface area contributed by atoms with E-state index in [1.807, 2.05) is 0 Å². The highest BCUT2D eigenvalue weighted by Gasteiger charge is 2.20. The van der Waals surface area contributed by atoms with Crippen molar-refractivity contribution >= 4 is 12.6 Å². The molecule has 0 saturated carbocycles. The van der Waals surface area contributed by atoms with Gasteiger partial charge in [0.2, 0.25) is 0 Å². The lowest BCUT2D eigenvalue weighted by Crippen LogP contribution is -2.25. The SMILES string of the molecule is CC[C@H]1NCC[C@@H]1S. The van der Waals surface area contributed by atoms with Crippen molar-refractivity contribution in [2.24, 2.45) is 0 Å². The van der Waals surface area contributed by atoms with Crippen LogP contribution in [0.2, 0.25) is 0 Å². The molecule has 48 valence electrons. The zero-order chi connectivity index (χ0) is 5.98. The van der Waals surface area contributed by atoms with Crippen LogP contribution in [0.15, 0.2) is 0 Å². The van der Waals surface area contributed by atoms with Crippen molar-refractivity contribution < 1.29 is 0 Å². The van der Waals surface area contributed by atoms with Gasteiger partial charge in [-0.3, -0.25) is 0 Å². The fraction of sp³-hybridized carbons (Fsp3) is 1.00. The number of hydrogen-bond donors (Lipinski definition) is 2. The summed E-state index contributed by atoms with van der Waals surface area (Å²) < 4.78 is 0. The summed E-state index contributed by atoms with van der Waals surface area (Å²) in [4.78, 5) is 0. The van der Waals surface area contributed by atoms with Crippen LogP contribution in [0.5, 0.6) is 0 Å². The average molecular weight is 131 g/mol. The number of thiol groups is 1. The maximum atomic E-state index is 4.40. The lowest BCUT2D eigenvalue weighted by Gasteiger charge is -2.10. The molecule has 0 aromatic heterocycles. The third kappa shape index (κ3) is 1.17. The smallest absolute Gasteiger partial charge is 0.0182 e. The lowest BCUT2D eigenvalue weighted by molar-refractivity contribution is 0.598. The molecule has 0 radical (unpaired) electrons. The van der Waals surface area contributed by atoms with Gasteiger partial charge >= 0.3 is 0 Å². The van der Waals surface area contributed by atoms with Crippen LogP contribution in [-0.4, -0.2) is 17.8 Å². The van der Waals surface area contributed by atoms with Crippen LogP contribution in [0.1, 0.15) is 19.8 Å². The molecule has 1 aliphatic heterocycles. The van der Waals surface area contributed by atoms with E-state index in [-0.39, 0.29) is 0 Å². The molecule has 0 bridgehead atoms. The molecule has 1 nitrogen and oxygen atoms in total. The summed E-state index contributed by atoms with van der Waals surface area (Å²) in [7, 11) is 0. The Hall–Kier alpha value is 0.310. The van der Waals surface area contributed by atoms with Crippen LogP contribution in [0.25, 0.3) is 0 Å². The summed E-state index contributed by atoms with van der Waals surface area (Å²) in [6.07, 6.45) is 2.45. The van der Waals surface area contributed by atoms with Crippen LogP contribution in [0.3, 0.4) is 0 Å². The molecule has 0 unspecified atom stereocenters. The molecule has 8 heavy (non-hydrogen) atoms. The van der Waals surface area contributed by atoms with Crippen molar-refractivity contribution in [3.63, 3.8) is 0 Å². The molecule has 1 heterocycles. The molecule has 1 aliphatic rings. The normalized spacial score (nSPS) is 38.2. The van der Waals surface area contributed by atoms with Gasteiger partial charge in [-0.05, 0) is 19.4 Å². The van der Waals surface area contributed by atoms with Gasteiger partial charge in [0.1, 0.15) is 0 Å². The quantitative estimate of drug-likeness (QED) is 0.507. The molecular weight excluding hydrogens is 118 g/mol. The highest BCUT2D eigenvalue weighted by Crippen LogP contribution is 2.14. The summed E-state index contributed by atoms with van der Waals surface area (Å²) in [6.45, 7) is 3.36. The van der Waals surface area contributed by atoms with Crippen molar-refractivity contribution in [1.29, 1.82) is 0 Å². The Balaban J connectivity index is 2.30. The largest absolute Gasteiger partial charge is 0.313 e. The second-order valence-electron chi connectivity index (χ2n) is 2.32. The number of nitrogens with one attached hydrogen (secondary N) is 1. The van der Waals surface area contributed by atoms with Crippen LogP contribution in [0.4, 0.5) is 0 Å². The van der Waals surface area contributed by atoms with E-state index in [0.717, 1.165) is 6.54 Å². The maximum Gasteiger partial charge on any atom is 0.0182 e. The maximum absolute atomic E-state index is 4.40. The topological polar surface area (TPSA) is 12.0 Å². The van der Waals surface area contributed by atoms with Crippen molar-refractivity contribution in [3.05, 3.63) is 0 Å². The molecule has 1 fully saturated rings. The van der Waals surface area contributed by atoms with E-state index < -0.39 is 0 Å². The number of hydrogen-bond acceptors (Lipinski definition) is 2. The predicted molar refractivity (Wildman–Crippen MR) is 39.5 cm³/mol. The lowest BCUT2D eigenvalue weighted by atomic mass is 10.2. The van der Waals surface area contributed by atoms with Crippen LogP contribution in [0, 0.1) is 0 Å². The Kier molecular flexibility index (Phi) is 2.20. The predicted octanol–water partition coefficient (Wildman–Crippen LogP) is 1.06. The highest BCUT2D eigenvalue weighted by molar-refractivity contribution is 7.81. The van der Waals surface area contributed by atoms with Gasteiger partial charge in [0.25, 0.3) is 0 Å². The molecule has 0 amide bonds. The van der Waals surface area contributed by atoms with Crippen molar-refractivity contribution in [2.75, 3.05) is 6.54 Å². The Bertz CT molecular complexity index is 74.9. The van der Waals surface area contributed by atoms with Crippen molar-refractivity contribution in [3.8, 4) is 0 Å². The standard InChI is InChI=1S/C6H13NS/c1-2-5-6(8)3-4-7-5/h5-8H,2-4H2,1H3/t5-,6+/m1/s1. The van der Waals surface area contributed by atoms with E-state index >= 15 is 0 Å². The van der Waals surface area contributed by atoms with Crippen molar-refractivity contribution in [1.82, 2.24) is 5.32 Å². The first-order valence-corrected chi connectivity index (χ1v) is 3.77. The molecule has 0 aliphatic carbocycles. The molecule has 2 atom stereocenters. The fourth-order valence-corrected chi connectivity index (χ4v) is 1.62. The Morgan fingerprint density at radius 3 is 2.75 bits per heavy atom. The molecule has 0 spiro atoms. The first-order valence-electron chi connectivity index (χ1n) is 3.26. The van der Waals surface area contributed by atoms with Gasteiger partial charge in [-0.1, -0.05) is 6.92 Å². The van der Waals surface area contributed by atoms with Crippen LogP contribution in [-0.2, 0) is 0 Å². The van der Waals surface area contributed by atoms with E-state index in [9.17, 15) is 0 Å². The van der Waals surface area contributed by atoms with E-state index in [2.05, 4.69) is 24.9 Å². The first-order chi connectivity index (χ1) is 3.84. The third-order valence-electron chi connectivity index (χ3n) is 1.75. The van der Waals surface area contributed by atoms with E-state index in [4.69, 9.17) is 0 Å². The summed E-state index contributed by atoms with van der Waals surface area (Å²) in [5.41, 5.74) is 0.